The quantitative estimate of drug-likeness (QED) is 0.643. The van der Waals surface area contributed by atoms with Crippen molar-refractivity contribution in [2.45, 2.75) is 13.3 Å². The van der Waals surface area contributed by atoms with Crippen LogP contribution in [0.15, 0.2) is 30.3 Å². The Morgan fingerprint density at radius 3 is 2.34 bits per heavy atom. The maximum absolute atomic E-state index is 12.5. The van der Waals surface area contributed by atoms with Crippen LogP contribution in [0.5, 0.6) is 11.5 Å². The Labute approximate surface area is 196 Å². The fourth-order valence-corrected chi connectivity index (χ4v) is 3.64. The van der Waals surface area contributed by atoms with Gasteiger partial charge in [-0.05, 0) is 30.7 Å². The minimum Gasteiger partial charge on any atom is -0.497 e. The first kappa shape index (κ1) is 25.4. The summed E-state index contributed by atoms with van der Waals surface area (Å²) >= 11 is 0. The molecule has 1 aliphatic heterocycles. The fourth-order valence-electron chi connectivity index (χ4n) is 3.64. The third-order valence-corrected chi connectivity index (χ3v) is 5.39. The molecule has 2 aromatic rings. The van der Waals surface area contributed by atoms with Gasteiger partial charge in [0.15, 0.2) is 0 Å². The Balaban J connectivity index is 0.00000363. The zero-order valence-electron chi connectivity index (χ0n) is 19.6. The molecule has 1 saturated heterocycles. The third kappa shape index (κ3) is 5.68. The van der Waals surface area contributed by atoms with E-state index in [1.54, 1.807) is 33.2 Å². The van der Waals surface area contributed by atoms with Crippen molar-refractivity contribution in [2.24, 2.45) is 0 Å². The predicted molar refractivity (Wildman–Crippen MR) is 132 cm³/mol. The normalized spacial score (nSPS) is 13.3. The van der Waals surface area contributed by atoms with Crippen LogP contribution in [0.1, 0.15) is 23.7 Å². The number of hydrogen-bond acceptors (Lipinski definition) is 7. The molecule has 0 spiro atoms. The summed E-state index contributed by atoms with van der Waals surface area (Å²) in [5.41, 5.74) is 1.66. The molecule has 0 saturated carbocycles. The molecular weight excluding hydrogens is 430 g/mol. The number of benzene rings is 1. The first-order valence-electron chi connectivity index (χ1n) is 10.7. The molecule has 0 atom stereocenters. The SMILES string of the molecule is CCCNc1nc(N2CCN(c3ccc(OC)cc3OC)CC2)ccc1C(=O)N(C)C.Cl. The first-order valence-corrected chi connectivity index (χ1v) is 10.7. The average Bonchev–Trinajstić information content (AvgIpc) is 2.81. The summed E-state index contributed by atoms with van der Waals surface area (Å²) in [4.78, 5) is 23.5. The molecule has 1 aromatic heterocycles. The van der Waals surface area contributed by atoms with Gasteiger partial charge in [-0.15, -0.1) is 12.4 Å². The lowest BCUT2D eigenvalue weighted by atomic mass is 10.2. The monoisotopic (exact) mass is 463 g/mol. The molecule has 1 aromatic carbocycles. The number of nitrogens with zero attached hydrogens (tertiary/aromatic N) is 4. The van der Waals surface area contributed by atoms with Crippen LogP contribution in [0.25, 0.3) is 0 Å². The molecule has 0 radical (unpaired) electrons. The summed E-state index contributed by atoms with van der Waals surface area (Å²) in [6, 6.07) is 9.73. The van der Waals surface area contributed by atoms with Crippen LogP contribution in [0, 0.1) is 0 Å². The van der Waals surface area contributed by atoms with Crippen LogP contribution >= 0.6 is 12.4 Å². The molecule has 0 aliphatic carbocycles. The second-order valence-corrected chi connectivity index (χ2v) is 7.70. The number of ether oxygens (including phenoxy) is 2. The van der Waals surface area contributed by atoms with Crippen LogP contribution in [0.3, 0.4) is 0 Å². The van der Waals surface area contributed by atoms with Crippen molar-refractivity contribution in [1.29, 1.82) is 0 Å². The Morgan fingerprint density at radius 2 is 1.75 bits per heavy atom. The number of rotatable bonds is 8. The Bertz CT molecular complexity index is 901. The van der Waals surface area contributed by atoms with Gasteiger partial charge in [-0.2, -0.15) is 0 Å². The minimum atomic E-state index is -0.0472. The van der Waals surface area contributed by atoms with E-state index in [9.17, 15) is 4.79 Å². The van der Waals surface area contributed by atoms with E-state index < -0.39 is 0 Å². The van der Waals surface area contributed by atoms with Crippen LogP contribution < -0.4 is 24.6 Å². The second-order valence-electron chi connectivity index (χ2n) is 7.70. The first-order chi connectivity index (χ1) is 15.0. The molecule has 2 heterocycles. The smallest absolute Gasteiger partial charge is 0.257 e. The Morgan fingerprint density at radius 1 is 1.06 bits per heavy atom. The summed E-state index contributed by atoms with van der Waals surface area (Å²) in [7, 11) is 6.85. The largest absolute Gasteiger partial charge is 0.497 e. The number of pyridine rings is 1. The fraction of sp³-hybridized carbons (Fsp3) is 0.478. The van der Waals surface area contributed by atoms with Gasteiger partial charge >= 0.3 is 0 Å². The van der Waals surface area contributed by atoms with Crippen molar-refractivity contribution >= 4 is 35.6 Å². The average molecular weight is 464 g/mol. The Hall–Kier alpha value is -2.87. The lowest BCUT2D eigenvalue weighted by Gasteiger charge is -2.37. The number of methoxy groups -OCH3 is 2. The van der Waals surface area contributed by atoms with Gasteiger partial charge in [0, 0.05) is 52.9 Å². The van der Waals surface area contributed by atoms with E-state index in [4.69, 9.17) is 14.5 Å². The number of nitrogens with one attached hydrogen (secondary N) is 1. The minimum absolute atomic E-state index is 0. The van der Waals surface area contributed by atoms with E-state index >= 15 is 0 Å². The highest BCUT2D eigenvalue weighted by molar-refractivity contribution is 5.98. The van der Waals surface area contributed by atoms with E-state index in [2.05, 4.69) is 22.0 Å². The van der Waals surface area contributed by atoms with Gasteiger partial charge < -0.3 is 29.5 Å². The summed E-state index contributed by atoms with van der Waals surface area (Å²) in [5.74, 6) is 3.08. The topological polar surface area (TPSA) is 70.2 Å². The number of halogens is 1. The third-order valence-electron chi connectivity index (χ3n) is 5.39. The number of hydrogen-bond donors (Lipinski definition) is 1. The van der Waals surface area contributed by atoms with Crippen molar-refractivity contribution in [1.82, 2.24) is 9.88 Å². The summed E-state index contributed by atoms with van der Waals surface area (Å²) in [6.45, 7) is 6.22. The van der Waals surface area contributed by atoms with Gasteiger partial charge in [0.05, 0.1) is 25.5 Å². The summed E-state index contributed by atoms with van der Waals surface area (Å²) in [6.07, 6.45) is 0.962. The lowest BCUT2D eigenvalue weighted by molar-refractivity contribution is 0.0828. The van der Waals surface area contributed by atoms with Gasteiger partial charge in [0.1, 0.15) is 23.1 Å². The second kappa shape index (κ2) is 11.7. The van der Waals surface area contributed by atoms with E-state index in [1.807, 2.05) is 30.3 Å². The van der Waals surface area contributed by atoms with Crippen molar-refractivity contribution in [3.8, 4) is 11.5 Å². The van der Waals surface area contributed by atoms with E-state index in [0.29, 0.717) is 11.4 Å². The number of amides is 1. The Kier molecular flexibility index (Phi) is 9.26. The lowest BCUT2D eigenvalue weighted by Crippen LogP contribution is -2.47. The maximum atomic E-state index is 12.5. The zero-order valence-corrected chi connectivity index (χ0v) is 20.4. The number of carbonyl (C=O) groups is 1. The molecule has 0 bridgehead atoms. The maximum Gasteiger partial charge on any atom is 0.257 e. The molecular formula is C23H34ClN5O3. The van der Waals surface area contributed by atoms with Crippen molar-refractivity contribution in [2.75, 3.05) is 76.2 Å². The summed E-state index contributed by atoms with van der Waals surface area (Å²) in [5, 5.41) is 3.31. The number of aromatic nitrogens is 1. The molecule has 8 nitrogen and oxygen atoms in total. The highest BCUT2D eigenvalue weighted by atomic mass is 35.5. The van der Waals surface area contributed by atoms with E-state index in [1.165, 1.54) is 0 Å². The summed E-state index contributed by atoms with van der Waals surface area (Å²) < 4.78 is 10.9. The van der Waals surface area contributed by atoms with Crippen molar-refractivity contribution in [3.05, 3.63) is 35.9 Å². The number of carbonyl (C=O) groups excluding carboxylic acids is 1. The number of piperazine rings is 1. The molecule has 176 valence electrons. The van der Waals surface area contributed by atoms with Crippen LogP contribution in [0.2, 0.25) is 0 Å². The number of anilines is 3. The highest BCUT2D eigenvalue weighted by Crippen LogP contribution is 2.33. The van der Waals surface area contributed by atoms with Gasteiger partial charge in [0.2, 0.25) is 0 Å². The van der Waals surface area contributed by atoms with Gasteiger partial charge in [-0.3, -0.25) is 4.79 Å². The van der Waals surface area contributed by atoms with Crippen molar-refractivity contribution < 1.29 is 14.3 Å². The highest BCUT2D eigenvalue weighted by Gasteiger charge is 2.23. The van der Waals surface area contributed by atoms with Gasteiger partial charge in [0.25, 0.3) is 5.91 Å². The molecule has 3 rings (SSSR count). The van der Waals surface area contributed by atoms with Crippen LogP contribution in [0.4, 0.5) is 17.3 Å². The predicted octanol–water partition coefficient (Wildman–Crippen LogP) is 3.37. The molecule has 1 aliphatic rings. The molecule has 1 N–H and O–H groups in total. The van der Waals surface area contributed by atoms with Gasteiger partial charge in [-0.1, -0.05) is 6.92 Å². The van der Waals surface area contributed by atoms with E-state index in [-0.39, 0.29) is 18.3 Å². The molecule has 1 fully saturated rings. The van der Waals surface area contributed by atoms with E-state index in [0.717, 1.165) is 62.1 Å². The van der Waals surface area contributed by atoms with Gasteiger partial charge in [-0.25, -0.2) is 4.98 Å². The molecule has 0 unspecified atom stereocenters. The van der Waals surface area contributed by atoms with Crippen LogP contribution in [-0.2, 0) is 0 Å². The standard InChI is InChI=1S/C23H33N5O3.ClH/c1-6-11-24-22-18(23(29)26(2)3)8-10-21(25-22)28-14-12-27(13-15-28)19-9-7-17(30-4)16-20(19)31-5;/h7-10,16H,6,11-15H2,1-5H3,(H,24,25);1H. The van der Waals surface area contributed by atoms with Crippen LogP contribution in [-0.4, -0.2) is 76.8 Å². The molecule has 1 amide bonds. The molecule has 9 heteroatoms. The molecule has 32 heavy (non-hydrogen) atoms. The van der Waals surface area contributed by atoms with Crippen molar-refractivity contribution in [3.63, 3.8) is 0 Å². The zero-order chi connectivity index (χ0) is 22.4.